The summed E-state index contributed by atoms with van der Waals surface area (Å²) >= 11 is 0. The summed E-state index contributed by atoms with van der Waals surface area (Å²) in [6.07, 6.45) is -3.55. The summed E-state index contributed by atoms with van der Waals surface area (Å²) in [5.41, 5.74) is -1.67. The van der Waals surface area contributed by atoms with Gasteiger partial charge in [-0.3, -0.25) is 4.79 Å². The summed E-state index contributed by atoms with van der Waals surface area (Å²) in [5.74, 6) is 0. The average Bonchev–Trinajstić information content (AvgIpc) is 2.37. The first-order chi connectivity index (χ1) is 10.4. The Morgan fingerprint density at radius 1 is 1.35 bits per heavy atom. The highest BCUT2D eigenvalue weighted by atomic mass is 19.4. The monoisotopic (exact) mass is 335 g/mol. The molecule has 0 saturated heterocycles. The van der Waals surface area contributed by atoms with Crippen LogP contribution in [0.2, 0.25) is 0 Å². The molecule has 1 rings (SSSR count). The standard InChI is InChI=1S/C14H20F3N3O3/c1-13(2,3)10(7-21)19-12(23)18-9-5-4-6-20(11(9)22)8-14(15,16)17/h4-6,10,21H,7-8H2,1-3H3,(H2,18,19,23)/t10-/m1/s1. The lowest BCUT2D eigenvalue weighted by Crippen LogP contribution is -2.48. The number of urea groups is 1. The molecule has 0 saturated carbocycles. The minimum absolute atomic E-state index is 0.278. The molecule has 0 aliphatic carbocycles. The van der Waals surface area contributed by atoms with E-state index >= 15 is 0 Å². The van der Waals surface area contributed by atoms with Crippen molar-refractivity contribution in [3.8, 4) is 0 Å². The van der Waals surface area contributed by atoms with Crippen LogP contribution in [-0.2, 0) is 6.54 Å². The number of pyridine rings is 1. The largest absolute Gasteiger partial charge is 0.406 e. The van der Waals surface area contributed by atoms with Gasteiger partial charge in [0.25, 0.3) is 5.56 Å². The van der Waals surface area contributed by atoms with Crippen LogP contribution in [0.3, 0.4) is 0 Å². The molecule has 0 radical (unpaired) electrons. The molecular weight excluding hydrogens is 315 g/mol. The van der Waals surface area contributed by atoms with E-state index in [4.69, 9.17) is 0 Å². The Morgan fingerprint density at radius 3 is 2.43 bits per heavy atom. The Balaban J connectivity index is 2.87. The topological polar surface area (TPSA) is 83.4 Å². The molecule has 0 bridgehead atoms. The van der Waals surface area contributed by atoms with Gasteiger partial charge in [0.05, 0.1) is 12.6 Å². The fraction of sp³-hybridized carbons (Fsp3) is 0.571. The lowest BCUT2D eigenvalue weighted by molar-refractivity contribution is -0.141. The number of amides is 2. The molecular formula is C14H20F3N3O3. The lowest BCUT2D eigenvalue weighted by atomic mass is 9.87. The van der Waals surface area contributed by atoms with Crippen LogP contribution in [0.1, 0.15) is 20.8 Å². The van der Waals surface area contributed by atoms with Crippen LogP contribution >= 0.6 is 0 Å². The molecule has 0 unspecified atom stereocenters. The van der Waals surface area contributed by atoms with Crippen LogP contribution in [0.5, 0.6) is 0 Å². The van der Waals surface area contributed by atoms with Gasteiger partial charge in [-0.2, -0.15) is 13.2 Å². The van der Waals surface area contributed by atoms with Gasteiger partial charge < -0.3 is 20.3 Å². The fourth-order valence-corrected chi connectivity index (χ4v) is 1.80. The van der Waals surface area contributed by atoms with E-state index in [0.29, 0.717) is 4.57 Å². The molecule has 1 aromatic rings. The summed E-state index contributed by atoms with van der Waals surface area (Å²) in [6.45, 7) is 3.64. The number of carbonyl (C=O) groups is 1. The summed E-state index contributed by atoms with van der Waals surface area (Å²) < 4.78 is 37.6. The third-order valence-corrected chi connectivity index (χ3v) is 3.15. The van der Waals surface area contributed by atoms with E-state index in [-0.39, 0.29) is 12.3 Å². The zero-order valence-electron chi connectivity index (χ0n) is 13.1. The predicted octanol–water partition coefficient (Wildman–Crippen LogP) is 1.94. The first-order valence-electron chi connectivity index (χ1n) is 6.88. The van der Waals surface area contributed by atoms with Gasteiger partial charge in [-0.25, -0.2) is 4.79 Å². The van der Waals surface area contributed by atoms with Gasteiger partial charge in [0.2, 0.25) is 0 Å². The number of aromatic nitrogens is 1. The van der Waals surface area contributed by atoms with E-state index < -0.39 is 35.8 Å². The second kappa shape index (κ2) is 7.03. The lowest BCUT2D eigenvalue weighted by Gasteiger charge is -2.29. The van der Waals surface area contributed by atoms with Crippen molar-refractivity contribution in [2.45, 2.75) is 39.5 Å². The third-order valence-electron chi connectivity index (χ3n) is 3.15. The number of carbonyl (C=O) groups excluding carboxylic acids is 1. The molecule has 0 aliphatic heterocycles. The third kappa shape index (κ3) is 5.93. The van der Waals surface area contributed by atoms with Crippen molar-refractivity contribution in [2.24, 2.45) is 5.41 Å². The number of aliphatic hydroxyl groups is 1. The fourth-order valence-electron chi connectivity index (χ4n) is 1.80. The maximum Gasteiger partial charge on any atom is 0.406 e. The number of hydrogen-bond acceptors (Lipinski definition) is 3. The Hall–Kier alpha value is -2.03. The maximum absolute atomic E-state index is 12.4. The molecule has 0 aliphatic rings. The second-order valence-electron chi connectivity index (χ2n) is 6.17. The van der Waals surface area contributed by atoms with Crippen molar-refractivity contribution in [1.82, 2.24) is 9.88 Å². The van der Waals surface area contributed by atoms with Gasteiger partial charge in [0.1, 0.15) is 12.2 Å². The first-order valence-corrected chi connectivity index (χ1v) is 6.88. The highest BCUT2D eigenvalue weighted by Crippen LogP contribution is 2.19. The zero-order chi connectivity index (χ0) is 17.8. The number of halogens is 3. The van der Waals surface area contributed by atoms with Gasteiger partial charge in [-0.1, -0.05) is 20.8 Å². The molecule has 2 amide bonds. The van der Waals surface area contributed by atoms with Gasteiger partial charge in [0, 0.05) is 6.20 Å². The molecule has 9 heteroatoms. The average molecular weight is 335 g/mol. The molecule has 3 N–H and O–H groups in total. The van der Waals surface area contributed by atoms with E-state index in [0.717, 1.165) is 6.20 Å². The Kier molecular flexibility index (Phi) is 5.81. The predicted molar refractivity (Wildman–Crippen MR) is 79.2 cm³/mol. The number of rotatable bonds is 4. The SMILES string of the molecule is CC(C)(C)[C@@H](CO)NC(=O)Nc1cccn(CC(F)(F)F)c1=O. The van der Waals surface area contributed by atoms with Crippen molar-refractivity contribution < 1.29 is 23.1 Å². The number of nitrogens with one attached hydrogen (secondary N) is 2. The van der Waals surface area contributed by atoms with Gasteiger partial charge in [-0.05, 0) is 17.5 Å². The number of hydrogen-bond donors (Lipinski definition) is 3. The van der Waals surface area contributed by atoms with Crippen LogP contribution in [0.4, 0.5) is 23.7 Å². The molecule has 1 atom stereocenters. The molecule has 0 spiro atoms. The summed E-state index contributed by atoms with van der Waals surface area (Å²) in [6, 6.07) is 1.08. The Labute approximate surface area is 131 Å². The summed E-state index contributed by atoms with van der Waals surface area (Å²) in [4.78, 5) is 23.8. The van der Waals surface area contributed by atoms with Gasteiger partial charge in [0.15, 0.2) is 0 Å². The number of alkyl halides is 3. The van der Waals surface area contributed by atoms with E-state index in [1.165, 1.54) is 12.1 Å². The van der Waals surface area contributed by atoms with E-state index in [1.54, 1.807) is 20.8 Å². The van der Waals surface area contributed by atoms with Crippen molar-refractivity contribution in [3.63, 3.8) is 0 Å². The van der Waals surface area contributed by atoms with Crippen molar-refractivity contribution in [3.05, 3.63) is 28.7 Å². The van der Waals surface area contributed by atoms with Crippen LogP contribution in [-0.4, -0.2) is 34.5 Å². The van der Waals surface area contributed by atoms with E-state index in [1.807, 2.05) is 0 Å². The molecule has 1 aromatic heterocycles. The highest BCUT2D eigenvalue weighted by molar-refractivity contribution is 5.89. The van der Waals surface area contributed by atoms with Gasteiger partial charge in [-0.15, -0.1) is 0 Å². The van der Waals surface area contributed by atoms with E-state index in [2.05, 4.69) is 10.6 Å². The smallest absolute Gasteiger partial charge is 0.394 e. The van der Waals surface area contributed by atoms with Crippen LogP contribution in [0, 0.1) is 5.41 Å². The molecule has 6 nitrogen and oxygen atoms in total. The number of nitrogens with zero attached hydrogens (tertiary/aromatic N) is 1. The number of aliphatic hydroxyl groups excluding tert-OH is 1. The quantitative estimate of drug-likeness (QED) is 0.786. The maximum atomic E-state index is 12.4. The molecule has 23 heavy (non-hydrogen) atoms. The van der Waals surface area contributed by atoms with Crippen molar-refractivity contribution in [2.75, 3.05) is 11.9 Å². The molecule has 1 heterocycles. The van der Waals surface area contributed by atoms with Crippen LogP contribution < -0.4 is 16.2 Å². The normalized spacial score (nSPS) is 13.5. The summed E-state index contributed by atoms with van der Waals surface area (Å²) in [7, 11) is 0. The summed E-state index contributed by atoms with van der Waals surface area (Å²) in [5, 5.41) is 14.0. The molecule has 0 aromatic carbocycles. The first kappa shape index (κ1) is 19.0. The van der Waals surface area contributed by atoms with Crippen molar-refractivity contribution >= 4 is 11.7 Å². The Morgan fingerprint density at radius 2 is 1.96 bits per heavy atom. The minimum Gasteiger partial charge on any atom is -0.394 e. The van der Waals surface area contributed by atoms with E-state index in [9.17, 15) is 27.9 Å². The van der Waals surface area contributed by atoms with Gasteiger partial charge >= 0.3 is 12.2 Å². The zero-order valence-corrected chi connectivity index (χ0v) is 13.1. The van der Waals surface area contributed by atoms with Crippen LogP contribution in [0.25, 0.3) is 0 Å². The molecule has 130 valence electrons. The highest BCUT2D eigenvalue weighted by Gasteiger charge is 2.29. The van der Waals surface area contributed by atoms with Crippen molar-refractivity contribution in [1.29, 1.82) is 0 Å². The molecule has 0 fully saturated rings. The minimum atomic E-state index is -4.54. The second-order valence-corrected chi connectivity index (χ2v) is 6.17. The number of anilines is 1. The van der Waals surface area contributed by atoms with Crippen LogP contribution in [0.15, 0.2) is 23.1 Å². The Bertz CT molecular complexity index is 606.